The maximum Gasteiger partial charge on any atom is 0.110 e. The average Bonchev–Trinajstić information content (AvgIpc) is 0.763. The van der Waals surface area contributed by atoms with Crippen LogP contribution in [0, 0.1) is 38.5 Å². The van der Waals surface area contributed by atoms with Crippen molar-refractivity contribution >= 4 is 106 Å². The molecule has 0 spiro atoms. The van der Waals surface area contributed by atoms with Crippen molar-refractivity contribution in [3.8, 4) is 0 Å². The van der Waals surface area contributed by atoms with Crippen LogP contribution in [0.1, 0.15) is 93.5 Å². The Morgan fingerprint density at radius 2 is 0.336 bits per heavy atom. The molecule has 0 saturated carbocycles. The topological polar surface area (TPSA) is 47.6 Å². The molecule has 0 amide bonds. The zero-order valence-electron chi connectivity index (χ0n) is 64.4. The van der Waals surface area contributed by atoms with Crippen LogP contribution in [0.3, 0.4) is 0 Å². The minimum atomic E-state index is -1.40. The van der Waals surface area contributed by atoms with Gasteiger partial charge in [-0.3, -0.25) is 0 Å². The summed E-state index contributed by atoms with van der Waals surface area (Å²) in [5, 5.41) is 28.6. The van der Waals surface area contributed by atoms with Gasteiger partial charge in [-0.1, -0.05) is 365 Å². The van der Waals surface area contributed by atoms with Crippen molar-refractivity contribution in [1.29, 1.82) is 10.8 Å². The minimum Gasteiger partial charge on any atom is -0.0776 e. The van der Waals surface area contributed by atoms with Gasteiger partial charge in [0, 0.05) is 77.9 Å². The molecule has 0 radical (unpaired) electrons. The van der Waals surface area contributed by atoms with Crippen molar-refractivity contribution in [2.75, 3.05) is 0 Å². The third-order valence-electron chi connectivity index (χ3n) is 20.9. The van der Waals surface area contributed by atoms with Crippen molar-refractivity contribution in [3.63, 3.8) is 0 Å². The predicted molar refractivity (Wildman–Crippen MR) is 506 cm³/mol. The quantitative estimate of drug-likeness (QED) is 0.0386. The Labute approximate surface area is 714 Å². The summed E-state index contributed by atoms with van der Waals surface area (Å²) in [6.45, 7) is 8.69. The molecule has 0 aliphatic heterocycles. The zero-order chi connectivity index (χ0) is 76.8. The Bertz CT molecular complexity index is 4880. The minimum absolute atomic E-state index is 0. The summed E-state index contributed by atoms with van der Waals surface area (Å²) in [6, 6.07) is 163. The summed E-state index contributed by atoms with van der Waals surface area (Å²) in [6.07, 6.45) is 5.16. The van der Waals surface area contributed by atoms with Crippen LogP contribution in [0.4, 0.5) is 0 Å². The van der Waals surface area contributed by atoms with Gasteiger partial charge in [0.25, 0.3) is 0 Å². The van der Waals surface area contributed by atoms with E-state index in [1.807, 2.05) is 0 Å². The second-order valence-electron chi connectivity index (χ2n) is 28.4. The zero-order valence-corrected chi connectivity index (χ0v) is 70.4. The smallest absolute Gasteiger partial charge is 0.0776 e. The van der Waals surface area contributed by atoms with Gasteiger partial charge in [0.05, 0.1) is 31.7 Å². The van der Waals surface area contributed by atoms with Crippen molar-refractivity contribution in [2.24, 2.45) is 0 Å². The fourth-order valence-corrected chi connectivity index (χ4v) is 26.4. The van der Waals surface area contributed by atoms with E-state index in [-0.39, 0.29) is 59.7 Å². The number of rotatable bonds is 22. The van der Waals surface area contributed by atoms with Gasteiger partial charge in [-0.2, -0.15) is 0 Å². The van der Waals surface area contributed by atoms with E-state index in [0.29, 0.717) is 0 Å². The third-order valence-corrected chi connectivity index (χ3v) is 32.0. The molecule has 116 heavy (non-hydrogen) atoms. The maximum absolute atomic E-state index is 6.00. The monoisotopic (exact) mass is 1660 g/mol. The van der Waals surface area contributed by atoms with E-state index in [0.717, 1.165) is 0 Å². The fourth-order valence-electron chi connectivity index (χ4n) is 15.3. The Morgan fingerprint density at radius 1 is 0.198 bits per heavy atom. The molecule has 0 aliphatic rings. The molecule has 0 N–H and O–H groups in total. The van der Waals surface area contributed by atoms with Crippen LogP contribution in [0.5, 0.6) is 0 Å². The normalized spacial score (nSPS) is 10.7. The molecule has 578 valence electrons. The van der Waals surface area contributed by atoms with E-state index in [9.17, 15) is 0 Å². The van der Waals surface area contributed by atoms with Gasteiger partial charge < -0.3 is 0 Å². The Hall–Kier alpha value is -10.9. The number of hydrogen-bond donors (Lipinski definition) is 0. The van der Waals surface area contributed by atoms with Gasteiger partial charge in [0.1, 0.15) is 63.7 Å². The molecule has 16 aromatic carbocycles. The molecule has 2 nitrogen and oxygen atoms in total. The first-order valence-corrected chi connectivity index (χ1v) is 44.5. The van der Waals surface area contributed by atoms with E-state index in [1.54, 1.807) is 0 Å². The second kappa shape index (κ2) is 43.7. The van der Waals surface area contributed by atoms with E-state index in [2.05, 4.69) is 477 Å². The molecule has 0 fully saturated rings. The van der Waals surface area contributed by atoms with Crippen LogP contribution in [0.2, 0.25) is 0 Å². The molecular formula is C108H100N2Ni2P4+4. The summed E-state index contributed by atoms with van der Waals surface area (Å²) in [7, 11) is -5.61. The molecule has 16 rings (SSSR count). The first-order chi connectivity index (χ1) is 55.3. The van der Waals surface area contributed by atoms with Gasteiger partial charge in [-0.05, 0) is 182 Å². The number of aryl methyl sites for hydroxylation is 4. The summed E-state index contributed by atoms with van der Waals surface area (Å²) in [5.41, 5.74) is 17.9. The standard InChI is InChI=1S/2C53H44P2.2CH4.N2.2Ni/c2*1-40-31-35-42(36-32-40)50(43-37-33-41(2)34-38-43)39-51(48-27-15-17-29-52(48)54(44-19-7-3-8-20-44)45-21-9-4-10-22-45)49-28-16-18-30-53(49)55(46-23-11-5-12-24-46)47-25-13-6-14-26-47;;;1-2;;/h2*3-39,50H,1-2H3;2*1H4;;;/p+4. The molecule has 0 bridgehead atoms. The molecule has 8 heteroatoms. The van der Waals surface area contributed by atoms with Gasteiger partial charge in [-0.25, -0.2) is 0 Å². The molecule has 16 aromatic rings. The number of nitrogens with zero attached hydrogens (tertiary/aromatic N) is 2. The van der Waals surface area contributed by atoms with Crippen LogP contribution >= 0.6 is 31.7 Å². The van der Waals surface area contributed by atoms with E-state index in [1.165, 1.54) is 142 Å². The van der Waals surface area contributed by atoms with Crippen LogP contribution in [0.15, 0.2) is 449 Å². The van der Waals surface area contributed by atoms with E-state index < -0.39 is 31.7 Å². The molecule has 0 aromatic heterocycles. The number of hydrogen-bond acceptors (Lipinski definition) is 2. The van der Waals surface area contributed by atoms with Crippen molar-refractivity contribution < 1.29 is 33.0 Å². The predicted octanol–water partition coefficient (Wildman–Crippen LogP) is 22.4. The number of benzene rings is 16. The Morgan fingerprint density at radius 3 is 0.491 bits per heavy atom. The summed E-state index contributed by atoms with van der Waals surface area (Å²) in [4.78, 5) is 0. The number of allylic oxidation sites excluding steroid dienone is 2. The summed E-state index contributed by atoms with van der Waals surface area (Å²) in [5.74, 6) is 0.0658. The molecular weight excluding hydrogens is 1570 g/mol. The van der Waals surface area contributed by atoms with Crippen molar-refractivity contribution in [1.82, 2.24) is 0 Å². The molecule has 0 unspecified atom stereocenters. The van der Waals surface area contributed by atoms with E-state index >= 15 is 0 Å². The first kappa shape index (κ1) is 87.5. The summed E-state index contributed by atoms with van der Waals surface area (Å²) < 4.78 is 0. The molecule has 0 saturated heterocycles. The molecule has 0 aliphatic carbocycles. The van der Waals surface area contributed by atoms with Gasteiger partial charge in [-0.15, -0.1) is 0 Å². The Balaban J connectivity index is 0.000000232. The van der Waals surface area contributed by atoms with Crippen LogP contribution in [0.25, 0.3) is 11.1 Å². The largest absolute Gasteiger partial charge is 0.110 e. The average molecular weight is 1670 g/mol. The molecule has 0 atom stereocenters. The van der Waals surface area contributed by atoms with Gasteiger partial charge in [0.2, 0.25) is 0 Å². The van der Waals surface area contributed by atoms with Crippen molar-refractivity contribution in [3.05, 3.63) is 516 Å². The van der Waals surface area contributed by atoms with Crippen molar-refractivity contribution in [2.45, 2.75) is 54.4 Å². The summed E-state index contributed by atoms with van der Waals surface area (Å²) >= 11 is 0. The molecule has 0 heterocycles. The van der Waals surface area contributed by atoms with Gasteiger partial charge in [0.15, 0.2) is 0 Å². The first-order valence-electron chi connectivity index (χ1n) is 38.5. The van der Waals surface area contributed by atoms with Crippen LogP contribution in [-0.4, -0.2) is 0 Å². The van der Waals surface area contributed by atoms with Gasteiger partial charge >= 0.3 is 0 Å². The maximum atomic E-state index is 6.00. The third kappa shape index (κ3) is 21.2. The van der Waals surface area contributed by atoms with E-state index in [4.69, 9.17) is 10.8 Å². The van der Waals surface area contributed by atoms with Crippen LogP contribution in [-0.2, 0) is 33.0 Å². The Kier molecular flexibility index (Phi) is 33.0. The fraction of sp³-hybridized carbons (Fsp3) is 0.0741. The second-order valence-corrected chi connectivity index (χ2v) is 38.1. The van der Waals surface area contributed by atoms with Crippen LogP contribution < -0.4 is 63.7 Å². The SMILES string of the molecule is C.C.Cc1ccc(C(C=C(c2ccccc2[PH+](c2ccccc2)c2ccccc2)c2ccccc2[PH+](c2ccccc2)c2ccccc2)c2ccc(C)cc2)cc1.Cc1ccc(C(C=C(c2ccccc2[PH+](c2ccccc2)c2ccccc2)c2ccccc2[PH+](c2ccccc2)c2ccccc2)c2ccc(C)cc2)cc1.N#N.[Ni].[Ni].